The number of hydrogen-bond donors (Lipinski definition) is 1. The third-order valence-electron chi connectivity index (χ3n) is 4.25. The molecule has 0 aliphatic rings. The number of para-hydroxylation sites is 1. The second-order valence-corrected chi connectivity index (χ2v) is 6.36. The van der Waals surface area contributed by atoms with Crippen molar-refractivity contribution in [3.63, 3.8) is 0 Å². The van der Waals surface area contributed by atoms with Gasteiger partial charge in [0.1, 0.15) is 18.1 Å². The van der Waals surface area contributed by atoms with Crippen LogP contribution in [0.1, 0.15) is 44.7 Å². The van der Waals surface area contributed by atoms with Crippen molar-refractivity contribution in [2.45, 2.75) is 27.4 Å². The van der Waals surface area contributed by atoms with E-state index >= 15 is 0 Å². The van der Waals surface area contributed by atoms with Gasteiger partial charge in [-0.15, -0.1) is 0 Å². The summed E-state index contributed by atoms with van der Waals surface area (Å²) >= 11 is 0. The van der Waals surface area contributed by atoms with Gasteiger partial charge in [-0.1, -0.05) is 18.2 Å². The zero-order valence-corrected chi connectivity index (χ0v) is 15.5. The third-order valence-corrected chi connectivity index (χ3v) is 4.25. The van der Waals surface area contributed by atoms with Crippen LogP contribution in [0, 0.1) is 13.8 Å². The summed E-state index contributed by atoms with van der Waals surface area (Å²) in [6, 6.07) is 16.1. The summed E-state index contributed by atoms with van der Waals surface area (Å²) in [6.07, 6.45) is 0. The van der Waals surface area contributed by atoms with Gasteiger partial charge in [-0.25, -0.2) is 0 Å². The van der Waals surface area contributed by atoms with Crippen molar-refractivity contribution in [2.75, 3.05) is 5.32 Å². The summed E-state index contributed by atoms with van der Waals surface area (Å²) in [7, 11) is 0. The lowest BCUT2D eigenvalue weighted by Gasteiger charge is -2.10. The molecule has 0 radical (unpaired) electrons. The van der Waals surface area contributed by atoms with E-state index in [1.54, 1.807) is 36.4 Å². The molecule has 138 valence electrons. The maximum Gasteiger partial charge on any atom is 0.291 e. The van der Waals surface area contributed by atoms with Gasteiger partial charge in [-0.05, 0) is 68.3 Å². The van der Waals surface area contributed by atoms with Crippen LogP contribution in [-0.2, 0) is 6.61 Å². The van der Waals surface area contributed by atoms with Gasteiger partial charge >= 0.3 is 0 Å². The van der Waals surface area contributed by atoms with E-state index in [-0.39, 0.29) is 24.1 Å². The number of nitrogens with one attached hydrogen (secondary N) is 1. The van der Waals surface area contributed by atoms with E-state index < -0.39 is 0 Å². The van der Waals surface area contributed by atoms with Crippen LogP contribution < -0.4 is 10.1 Å². The summed E-state index contributed by atoms with van der Waals surface area (Å²) in [5.41, 5.74) is 3.41. The van der Waals surface area contributed by atoms with E-state index in [0.717, 1.165) is 16.8 Å². The fourth-order valence-electron chi connectivity index (χ4n) is 2.70. The maximum absolute atomic E-state index is 12.4. The highest BCUT2D eigenvalue weighted by molar-refractivity contribution is 6.03. The lowest BCUT2D eigenvalue weighted by molar-refractivity contribution is 0.0990. The van der Waals surface area contributed by atoms with Crippen LogP contribution in [0.4, 0.5) is 5.69 Å². The molecule has 3 rings (SSSR count). The van der Waals surface area contributed by atoms with E-state index in [2.05, 4.69) is 5.32 Å². The quantitative estimate of drug-likeness (QED) is 0.631. The molecule has 1 aromatic heterocycles. The largest absolute Gasteiger partial charge is 0.486 e. The first-order valence-corrected chi connectivity index (χ1v) is 8.64. The van der Waals surface area contributed by atoms with Gasteiger partial charge in [-0.3, -0.25) is 9.59 Å². The molecule has 0 atom stereocenters. The average molecular weight is 363 g/mol. The van der Waals surface area contributed by atoms with E-state index in [0.29, 0.717) is 17.1 Å². The number of ether oxygens (including phenoxy) is 1. The number of benzene rings is 2. The first-order valence-electron chi connectivity index (χ1n) is 8.64. The number of anilines is 1. The Balaban J connectivity index is 1.62. The second-order valence-electron chi connectivity index (χ2n) is 6.36. The van der Waals surface area contributed by atoms with Crippen molar-refractivity contribution in [2.24, 2.45) is 0 Å². The van der Waals surface area contributed by atoms with Crippen molar-refractivity contribution in [3.8, 4) is 5.75 Å². The first-order chi connectivity index (χ1) is 12.9. The highest BCUT2D eigenvalue weighted by atomic mass is 16.5. The second kappa shape index (κ2) is 7.91. The van der Waals surface area contributed by atoms with Crippen LogP contribution in [0.3, 0.4) is 0 Å². The van der Waals surface area contributed by atoms with Crippen LogP contribution in [-0.4, -0.2) is 11.7 Å². The number of amides is 1. The van der Waals surface area contributed by atoms with Gasteiger partial charge in [0, 0.05) is 11.3 Å². The molecule has 0 saturated heterocycles. The minimum atomic E-state index is -0.301. The molecule has 1 N–H and O–H groups in total. The molecule has 5 heteroatoms. The van der Waals surface area contributed by atoms with Crippen LogP contribution in [0.2, 0.25) is 0 Å². The summed E-state index contributed by atoms with van der Waals surface area (Å²) in [5, 5.41) is 2.89. The van der Waals surface area contributed by atoms with Crippen molar-refractivity contribution in [3.05, 3.63) is 82.8 Å². The van der Waals surface area contributed by atoms with E-state index in [1.807, 2.05) is 32.0 Å². The summed E-state index contributed by atoms with van der Waals surface area (Å²) < 4.78 is 11.2. The maximum atomic E-state index is 12.4. The van der Waals surface area contributed by atoms with Crippen LogP contribution in [0.5, 0.6) is 5.75 Å². The van der Waals surface area contributed by atoms with E-state index in [4.69, 9.17) is 9.15 Å². The van der Waals surface area contributed by atoms with Gasteiger partial charge < -0.3 is 14.5 Å². The number of carbonyl (C=O) groups excluding carboxylic acids is 2. The molecule has 0 spiro atoms. The topological polar surface area (TPSA) is 68.5 Å². The zero-order valence-electron chi connectivity index (χ0n) is 15.5. The fraction of sp³-hybridized carbons (Fsp3) is 0.182. The van der Waals surface area contributed by atoms with E-state index in [1.165, 1.54) is 6.92 Å². The van der Waals surface area contributed by atoms with Crippen LogP contribution in [0.15, 0.2) is 59.0 Å². The molecule has 0 saturated carbocycles. The Labute approximate surface area is 158 Å². The molecule has 1 heterocycles. The number of Topliss-reactive ketones (excluding diaryl/α,β-unsaturated/α-hetero) is 1. The lowest BCUT2D eigenvalue weighted by atomic mass is 10.1. The van der Waals surface area contributed by atoms with Crippen molar-refractivity contribution in [1.29, 1.82) is 0 Å². The van der Waals surface area contributed by atoms with Crippen molar-refractivity contribution >= 4 is 17.4 Å². The first kappa shape index (κ1) is 18.5. The predicted octanol–water partition coefficient (Wildman–Crippen LogP) is 4.93. The van der Waals surface area contributed by atoms with Gasteiger partial charge in [0.25, 0.3) is 5.91 Å². The van der Waals surface area contributed by atoms with Crippen LogP contribution in [0.25, 0.3) is 0 Å². The van der Waals surface area contributed by atoms with Gasteiger partial charge in [-0.2, -0.15) is 0 Å². The minimum Gasteiger partial charge on any atom is -0.486 e. The zero-order chi connectivity index (χ0) is 19.4. The van der Waals surface area contributed by atoms with Gasteiger partial charge in [0.05, 0.1) is 0 Å². The van der Waals surface area contributed by atoms with Crippen molar-refractivity contribution in [1.82, 2.24) is 0 Å². The lowest BCUT2D eigenvalue weighted by Crippen LogP contribution is -2.13. The van der Waals surface area contributed by atoms with Crippen molar-refractivity contribution < 1.29 is 18.7 Å². The van der Waals surface area contributed by atoms with Crippen LogP contribution >= 0.6 is 0 Å². The molecule has 0 aliphatic carbocycles. The van der Waals surface area contributed by atoms with Gasteiger partial charge in [0.15, 0.2) is 11.5 Å². The molecule has 0 fully saturated rings. The molecular formula is C22H21NO4. The normalized spacial score (nSPS) is 10.5. The Morgan fingerprint density at radius 2 is 1.63 bits per heavy atom. The minimum absolute atomic E-state index is 0.00660. The molecule has 0 bridgehead atoms. The Bertz CT molecular complexity index is 950. The molecule has 0 unspecified atom stereocenters. The molecule has 27 heavy (non-hydrogen) atoms. The van der Waals surface area contributed by atoms with E-state index in [9.17, 15) is 9.59 Å². The summed E-state index contributed by atoms with van der Waals surface area (Å²) in [5.74, 6) is 1.09. The third kappa shape index (κ3) is 4.44. The Morgan fingerprint density at radius 1 is 0.963 bits per heavy atom. The molecule has 3 aromatic rings. The number of rotatable bonds is 6. The number of carbonyl (C=O) groups is 2. The standard InChI is InChI=1S/C22H21NO4/c1-14-5-4-6-15(2)21(14)23-22(25)20-12-11-19(27-20)13-26-18-9-7-17(8-10-18)16(3)24/h4-12H,13H2,1-3H3,(H,23,25). The monoisotopic (exact) mass is 363 g/mol. The van der Waals surface area contributed by atoms with Gasteiger partial charge in [0.2, 0.25) is 0 Å². The highest BCUT2D eigenvalue weighted by Gasteiger charge is 2.14. The summed E-state index contributed by atoms with van der Waals surface area (Å²) in [4.78, 5) is 23.7. The average Bonchev–Trinajstić information content (AvgIpc) is 3.12. The number of aryl methyl sites for hydroxylation is 2. The Kier molecular flexibility index (Phi) is 5.41. The number of hydrogen-bond acceptors (Lipinski definition) is 4. The number of furan rings is 1. The fourth-order valence-corrected chi connectivity index (χ4v) is 2.70. The molecule has 2 aromatic carbocycles. The Morgan fingerprint density at radius 3 is 2.26 bits per heavy atom. The highest BCUT2D eigenvalue weighted by Crippen LogP contribution is 2.21. The summed E-state index contributed by atoms with van der Waals surface area (Å²) in [6.45, 7) is 5.60. The molecule has 5 nitrogen and oxygen atoms in total. The molecule has 0 aliphatic heterocycles. The Hall–Kier alpha value is -3.34. The smallest absolute Gasteiger partial charge is 0.291 e. The number of ketones is 1. The predicted molar refractivity (Wildman–Crippen MR) is 103 cm³/mol. The molecule has 1 amide bonds. The molecular weight excluding hydrogens is 342 g/mol. The SMILES string of the molecule is CC(=O)c1ccc(OCc2ccc(C(=O)Nc3c(C)cccc3C)o2)cc1.